The Morgan fingerprint density at radius 2 is 1.20 bits per heavy atom. The lowest BCUT2D eigenvalue weighted by atomic mass is 9.89. The summed E-state index contributed by atoms with van der Waals surface area (Å²) in [7, 11) is -5.77. The fourth-order valence-corrected chi connectivity index (χ4v) is 5.92. The van der Waals surface area contributed by atoms with E-state index in [-0.39, 0.29) is 5.75 Å². The largest absolute Gasteiger partial charge is 0.534 e. The fraction of sp³-hybridized carbons (Fsp3) is 0.130. The highest BCUT2D eigenvalue weighted by molar-refractivity contribution is 7.88. The highest BCUT2D eigenvalue weighted by Gasteiger charge is 2.49. The predicted octanol–water partition coefficient (Wildman–Crippen LogP) is 5.77. The number of benzene rings is 5. The number of halogens is 3. The van der Waals surface area contributed by atoms with Gasteiger partial charge in [0.2, 0.25) is 0 Å². The minimum absolute atomic E-state index is 0.288. The first kappa shape index (κ1) is 16.7. The van der Waals surface area contributed by atoms with E-state index in [0.717, 1.165) is 45.3 Å². The Labute approximate surface area is 168 Å². The molecule has 0 aliphatic heterocycles. The van der Waals surface area contributed by atoms with Gasteiger partial charge in [0.1, 0.15) is 0 Å². The maximum Gasteiger partial charge on any atom is 0.534 e. The van der Waals surface area contributed by atoms with Crippen LogP contribution in [0.1, 0.15) is 22.3 Å². The second kappa shape index (κ2) is 4.81. The van der Waals surface area contributed by atoms with Crippen molar-refractivity contribution in [3.05, 3.63) is 64.7 Å². The molecule has 0 bridgehead atoms. The summed E-state index contributed by atoms with van der Waals surface area (Å²) in [6.07, 6.45) is 1.57. The Kier molecular flexibility index (Phi) is 2.68. The lowest BCUT2D eigenvalue weighted by Gasteiger charge is -2.17. The average Bonchev–Trinajstić information content (AvgIpc) is 3.24. The zero-order chi connectivity index (χ0) is 20.6. The smallest absolute Gasteiger partial charge is 0.375 e. The molecule has 0 aromatic heterocycles. The molecule has 30 heavy (non-hydrogen) atoms. The van der Waals surface area contributed by atoms with Crippen LogP contribution >= 0.6 is 0 Å². The van der Waals surface area contributed by atoms with Crippen molar-refractivity contribution in [1.29, 1.82) is 0 Å². The van der Waals surface area contributed by atoms with Gasteiger partial charge < -0.3 is 4.18 Å². The van der Waals surface area contributed by atoms with Crippen LogP contribution in [0.4, 0.5) is 13.2 Å². The predicted molar refractivity (Wildman–Crippen MR) is 109 cm³/mol. The molecule has 0 fully saturated rings. The number of hydrogen-bond acceptors (Lipinski definition) is 3. The van der Waals surface area contributed by atoms with Crippen molar-refractivity contribution in [3.8, 4) is 5.75 Å². The van der Waals surface area contributed by atoms with Crippen LogP contribution in [0.2, 0.25) is 0 Å². The molecule has 0 spiro atoms. The van der Waals surface area contributed by atoms with Gasteiger partial charge in [-0.1, -0.05) is 36.4 Å². The van der Waals surface area contributed by atoms with E-state index in [1.807, 2.05) is 18.2 Å². The lowest BCUT2D eigenvalue weighted by molar-refractivity contribution is -0.0499. The number of hydrogen-bond donors (Lipinski definition) is 0. The van der Waals surface area contributed by atoms with Crippen molar-refractivity contribution < 1.29 is 25.8 Å². The molecule has 5 aromatic carbocycles. The van der Waals surface area contributed by atoms with Crippen LogP contribution < -0.4 is 4.18 Å². The summed E-state index contributed by atoms with van der Waals surface area (Å²) in [5.74, 6) is -0.288. The molecule has 0 amide bonds. The van der Waals surface area contributed by atoms with Gasteiger partial charge in [-0.2, -0.15) is 21.6 Å². The quantitative estimate of drug-likeness (QED) is 0.153. The molecule has 0 saturated heterocycles. The molecule has 7 heteroatoms. The summed E-state index contributed by atoms with van der Waals surface area (Å²) >= 11 is 0. The van der Waals surface area contributed by atoms with Crippen LogP contribution in [0, 0.1) is 0 Å². The number of rotatable bonds is 2. The SMILES string of the molecule is O=S(=O)(Oc1cc2ccc3c4c5c(ccc6c5c5c(ccc1c5c24)C6)C3)C(F)(F)F. The van der Waals surface area contributed by atoms with Crippen LogP contribution in [0.3, 0.4) is 0 Å². The van der Waals surface area contributed by atoms with Crippen molar-refractivity contribution in [2.75, 3.05) is 0 Å². The first-order valence-corrected chi connectivity index (χ1v) is 10.9. The Bertz CT molecular complexity index is 1720. The van der Waals surface area contributed by atoms with Crippen LogP contribution in [0.5, 0.6) is 5.75 Å². The van der Waals surface area contributed by atoms with Crippen molar-refractivity contribution >= 4 is 53.2 Å². The fourth-order valence-electron chi connectivity index (χ4n) is 5.45. The Hall–Kier alpha value is -3.06. The molecule has 0 saturated carbocycles. The molecule has 2 aliphatic carbocycles. The first-order valence-electron chi connectivity index (χ1n) is 9.45. The Morgan fingerprint density at radius 3 is 1.80 bits per heavy atom. The standard InChI is InChI=1S/C23H11F3O3S/c24-23(25,26)30(27,28)29-16-9-14-4-3-12-7-10-1-2-11-8-13-5-6-15(16)22-20(13)18(11)17(10)19(12)21(14)22/h1-6,9H,7-8H2. The minimum atomic E-state index is -5.77. The molecule has 3 nitrogen and oxygen atoms in total. The Balaban J connectivity index is 1.72. The summed E-state index contributed by atoms with van der Waals surface area (Å²) in [6.45, 7) is 0. The van der Waals surface area contributed by atoms with Gasteiger partial charge in [0.05, 0.1) is 0 Å². The van der Waals surface area contributed by atoms with Crippen LogP contribution in [0.15, 0.2) is 42.5 Å². The third-order valence-electron chi connectivity index (χ3n) is 6.54. The normalized spacial score (nSPS) is 15.2. The van der Waals surface area contributed by atoms with Gasteiger partial charge in [-0.05, 0) is 73.5 Å². The van der Waals surface area contributed by atoms with Gasteiger partial charge in [-0.15, -0.1) is 0 Å². The van der Waals surface area contributed by atoms with Crippen LogP contribution in [0.25, 0.3) is 43.1 Å². The molecule has 0 unspecified atom stereocenters. The van der Waals surface area contributed by atoms with Gasteiger partial charge >= 0.3 is 15.6 Å². The maximum atomic E-state index is 13.0. The van der Waals surface area contributed by atoms with Crippen molar-refractivity contribution in [1.82, 2.24) is 0 Å². The van der Waals surface area contributed by atoms with Gasteiger partial charge in [-0.25, -0.2) is 0 Å². The average molecular weight is 424 g/mol. The van der Waals surface area contributed by atoms with Crippen molar-refractivity contribution in [3.63, 3.8) is 0 Å². The second-order valence-electron chi connectivity index (χ2n) is 8.07. The topological polar surface area (TPSA) is 43.4 Å². The van der Waals surface area contributed by atoms with E-state index < -0.39 is 15.6 Å². The monoisotopic (exact) mass is 424 g/mol. The summed E-state index contributed by atoms with van der Waals surface area (Å²) in [5.41, 5.74) is -0.750. The zero-order valence-electron chi connectivity index (χ0n) is 15.2. The molecule has 7 rings (SSSR count). The van der Waals surface area contributed by atoms with Crippen molar-refractivity contribution in [2.24, 2.45) is 0 Å². The zero-order valence-corrected chi connectivity index (χ0v) is 16.0. The van der Waals surface area contributed by atoms with E-state index >= 15 is 0 Å². The molecular formula is C23H11F3O3S. The third-order valence-corrected chi connectivity index (χ3v) is 7.51. The van der Waals surface area contributed by atoms with Gasteiger partial charge in [0, 0.05) is 10.8 Å². The lowest BCUT2D eigenvalue weighted by Crippen LogP contribution is -2.28. The number of alkyl halides is 3. The van der Waals surface area contributed by atoms with Crippen LogP contribution in [-0.2, 0) is 23.0 Å². The molecule has 0 N–H and O–H groups in total. The van der Waals surface area contributed by atoms with Gasteiger partial charge in [0.15, 0.2) is 5.75 Å². The summed E-state index contributed by atoms with van der Waals surface area (Å²) in [5, 5.41) is 7.33. The Morgan fingerprint density at radius 1 is 0.700 bits per heavy atom. The first-order chi connectivity index (χ1) is 14.2. The van der Waals surface area contributed by atoms with E-state index in [1.165, 1.54) is 28.1 Å². The van der Waals surface area contributed by atoms with E-state index in [0.29, 0.717) is 10.8 Å². The summed E-state index contributed by atoms with van der Waals surface area (Å²) < 4.78 is 67.2. The molecule has 0 radical (unpaired) electrons. The van der Waals surface area contributed by atoms with Gasteiger partial charge in [-0.3, -0.25) is 0 Å². The van der Waals surface area contributed by atoms with Crippen LogP contribution in [-0.4, -0.2) is 13.9 Å². The molecular weight excluding hydrogens is 413 g/mol. The van der Waals surface area contributed by atoms with E-state index in [1.54, 1.807) is 6.07 Å². The molecule has 148 valence electrons. The maximum absolute atomic E-state index is 13.0. The highest BCUT2D eigenvalue weighted by atomic mass is 32.2. The van der Waals surface area contributed by atoms with Gasteiger partial charge in [0.25, 0.3) is 0 Å². The molecule has 2 aliphatic rings. The van der Waals surface area contributed by atoms with E-state index in [9.17, 15) is 21.6 Å². The minimum Gasteiger partial charge on any atom is -0.375 e. The molecule has 0 atom stereocenters. The molecule has 5 aromatic rings. The third kappa shape index (κ3) is 1.77. The van der Waals surface area contributed by atoms with Crippen molar-refractivity contribution in [2.45, 2.75) is 18.3 Å². The summed E-state index contributed by atoms with van der Waals surface area (Å²) in [4.78, 5) is 0. The van der Waals surface area contributed by atoms with E-state index in [4.69, 9.17) is 0 Å². The molecule has 0 heterocycles. The second-order valence-corrected chi connectivity index (χ2v) is 9.60. The van der Waals surface area contributed by atoms with E-state index in [2.05, 4.69) is 16.3 Å². The summed E-state index contributed by atoms with van der Waals surface area (Å²) in [6, 6.07) is 13.1. The highest BCUT2D eigenvalue weighted by Crippen LogP contribution is 2.53.